The zero-order valence-electron chi connectivity index (χ0n) is 5.49. The fourth-order valence-electron chi connectivity index (χ4n) is 0.880. The summed E-state index contributed by atoms with van der Waals surface area (Å²) in [5.41, 5.74) is 2.80. The third-order valence-electron chi connectivity index (χ3n) is 1.72. The van der Waals surface area contributed by atoms with Gasteiger partial charge in [-0.15, -0.1) is 0 Å². The molecule has 0 amide bonds. The lowest BCUT2D eigenvalue weighted by Gasteiger charge is -1.91. The van der Waals surface area contributed by atoms with Crippen molar-refractivity contribution in [3.05, 3.63) is 23.3 Å². The average Bonchev–Trinajstić information content (AvgIpc) is 2.58. The van der Waals surface area contributed by atoms with Gasteiger partial charge in [-0.05, 0) is 37.1 Å². The molecule has 1 heterocycles. The Labute approximate surface area is 59.3 Å². The van der Waals surface area contributed by atoms with E-state index in [4.69, 9.17) is 0 Å². The van der Waals surface area contributed by atoms with Crippen molar-refractivity contribution in [1.82, 2.24) is 0 Å². The second-order valence-corrected chi connectivity index (χ2v) is 3.38. The summed E-state index contributed by atoms with van der Waals surface area (Å²) in [7, 11) is 0. The van der Waals surface area contributed by atoms with Crippen LogP contribution in [-0.2, 0) is 0 Å². The largest absolute Gasteiger partial charge is 0.0867 e. The maximum atomic E-state index is 3.20. The SMILES string of the molecule is Cc1c[c]c2c(c1C)S2. The van der Waals surface area contributed by atoms with E-state index in [1.807, 2.05) is 11.8 Å². The lowest BCUT2D eigenvalue weighted by atomic mass is 10.1. The summed E-state index contributed by atoms with van der Waals surface area (Å²) in [6.07, 6.45) is 0. The standard InChI is InChI=1S/C8H7S/c1-5-3-4-7-8(9-7)6(5)2/h3H,1-2H3. The van der Waals surface area contributed by atoms with Crippen LogP contribution < -0.4 is 0 Å². The summed E-state index contributed by atoms with van der Waals surface area (Å²) in [5, 5.41) is 0. The first kappa shape index (κ1) is 5.36. The molecule has 45 valence electrons. The Kier molecular flexibility index (Phi) is 0.917. The molecular formula is C8H7S. The Bertz CT molecular complexity index is 260. The molecule has 0 bridgehead atoms. The average molecular weight is 135 g/mol. The van der Waals surface area contributed by atoms with Gasteiger partial charge in [0.1, 0.15) is 0 Å². The summed E-state index contributed by atoms with van der Waals surface area (Å²) in [6.45, 7) is 4.30. The number of fused-ring (bicyclic) bond motifs is 1. The van der Waals surface area contributed by atoms with E-state index >= 15 is 0 Å². The topological polar surface area (TPSA) is 0 Å². The van der Waals surface area contributed by atoms with Crippen LogP contribution in [0.3, 0.4) is 0 Å². The third-order valence-corrected chi connectivity index (χ3v) is 2.76. The quantitative estimate of drug-likeness (QED) is 0.500. The summed E-state index contributed by atoms with van der Waals surface area (Å²) in [4.78, 5) is 2.80. The number of hydrogen-bond acceptors (Lipinski definition) is 1. The molecule has 1 aliphatic rings. The van der Waals surface area contributed by atoms with Crippen molar-refractivity contribution in [2.24, 2.45) is 0 Å². The minimum Gasteiger partial charge on any atom is -0.0867 e. The fourth-order valence-corrected chi connectivity index (χ4v) is 1.68. The molecule has 1 radical (unpaired) electrons. The molecule has 0 saturated heterocycles. The Morgan fingerprint density at radius 3 is 2.89 bits per heavy atom. The summed E-state index contributed by atoms with van der Waals surface area (Å²) in [6, 6.07) is 5.26. The predicted octanol–water partition coefficient (Wildman–Crippen LogP) is 2.57. The van der Waals surface area contributed by atoms with Crippen molar-refractivity contribution in [3.63, 3.8) is 0 Å². The van der Waals surface area contributed by atoms with Crippen molar-refractivity contribution < 1.29 is 0 Å². The van der Waals surface area contributed by atoms with Crippen LogP contribution in [0.5, 0.6) is 0 Å². The molecule has 0 unspecified atom stereocenters. The van der Waals surface area contributed by atoms with Gasteiger partial charge in [-0.1, -0.05) is 11.8 Å². The van der Waals surface area contributed by atoms with Crippen LogP contribution in [0.1, 0.15) is 11.1 Å². The van der Waals surface area contributed by atoms with Crippen LogP contribution in [0.2, 0.25) is 0 Å². The lowest BCUT2D eigenvalue weighted by molar-refractivity contribution is 1.20. The molecule has 0 aromatic heterocycles. The number of aryl methyl sites for hydroxylation is 1. The first-order valence-electron chi connectivity index (χ1n) is 2.99. The van der Waals surface area contributed by atoms with Gasteiger partial charge in [0, 0.05) is 9.79 Å². The normalized spacial score (nSPS) is 13.1. The van der Waals surface area contributed by atoms with Gasteiger partial charge >= 0.3 is 0 Å². The fraction of sp³-hybridized carbons (Fsp3) is 0.250. The van der Waals surface area contributed by atoms with E-state index in [0.717, 1.165) is 0 Å². The maximum Gasteiger partial charge on any atom is 0.0344 e. The predicted molar refractivity (Wildman–Crippen MR) is 38.9 cm³/mol. The first-order chi connectivity index (χ1) is 4.29. The molecule has 1 aromatic rings. The monoisotopic (exact) mass is 135 g/mol. The van der Waals surface area contributed by atoms with Crippen molar-refractivity contribution >= 4 is 11.8 Å². The summed E-state index contributed by atoms with van der Waals surface area (Å²) < 4.78 is 0. The van der Waals surface area contributed by atoms with Crippen LogP contribution in [0.15, 0.2) is 15.9 Å². The van der Waals surface area contributed by atoms with Crippen LogP contribution in [-0.4, -0.2) is 0 Å². The Morgan fingerprint density at radius 2 is 2.22 bits per heavy atom. The molecule has 2 rings (SSSR count). The van der Waals surface area contributed by atoms with E-state index in [-0.39, 0.29) is 0 Å². The molecule has 0 spiro atoms. The molecule has 0 saturated carbocycles. The summed E-state index contributed by atoms with van der Waals surface area (Å²) >= 11 is 1.84. The number of rotatable bonds is 0. The zero-order chi connectivity index (χ0) is 6.43. The zero-order valence-corrected chi connectivity index (χ0v) is 6.30. The van der Waals surface area contributed by atoms with Crippen LogP contribution >= 0.6 is 11.8 Å². The van der Waals surface area contributed by atoms with Gasteiger partial charge in [-0.3, -0.25) is 0 Å². The van der Waals surface area contributed by atoms with Crippen LogP contribution in [0, 0.1) is 19.9 Å². The Balaban J connectivity index is 2.70. The van der Waals surface area contributed by atoms with Gasteiger partial charge in [-0.25, -0.2) is 0 Å². The van der Waals surface area contributed by atoms with E-state index in [0.29, 0.717) is 0 Å². The Morgan fingerprint density at radius 1 is 1.44 bits per heavy atom. The van der Waals surface area contributed by atoms with Crippen LogP contribution in [0.25, 0.3) is 0 Å². The molecule has 0 atom stereocenters. The highest BCUT2D eigenvalue weighted by atomic mass is 32.2. The van der Waals surface area contributed by atoms with E-state index in [2.05, 4.69) is 26.0 Å². The van der Waals surface area contributed by atoms with Crippen molar-refractivity contribution in [2.45, 2.75) is 23.6 Å². The Hall–Kier alpha value is -0.430. The third kappa shape index (κ3) is 0.681. The molecule has 0 nitrogen and oxygen atoms in total. The highest BCUT2D eigenvalue weighted by molar-refractivity contribution is 8.05. The van der Waals surface area contributed by atoms with E-state index in [1.165, 1.54) is 20.9 Å². The molecule has 1 aliphatic heterocycles. The molecular weight excluding hydrogens is 128 g/mol. The number of hydrogen-bond donors (Lipinski definition) is 0. The molecule has 1 aromatic carbocycles. The second-order valence-electron chi connectivity index (χ2n) is 2.36. The smallest absolute Gasteiger partial charge is 0.0344 e. The first-order valence-corrected chi connectivity index (χ1v) is 3.80. The van der Waals surface area contributed by atoms with E-state index in [9.17, 15) is 0 Å². The van der Waals surface area contributed by atoms with E-state index in [1.54, 1.807) is 0 Å². The molecule has 0 N–H and O–H groups in total. The highest BCUT2D eigenvalue weighted by Crippen LogP contribution is 2.50. The minimum atomic E-state index is 1.35. The molecule has 0 fully saturated rings. The number of benzene rings is 1. The van der Waals surface area contributed by atoms with Crippen molar-refractivity contribution in [3.8, 4) is 0 Å². The molecule has 0 aliphatic carbocycles. The van der Waals surface area contributed by atoms with Gasteiger partial charge in [0.25, 0.3) is 0 Å². The van der Waals surface area contributed by atoms with Crippen LogP contribution in [0.4, 0.5) is 0 Å². The highest BCUT2D eigenvalue weighted by Gasteiger charge is 2.20. The van der Waals surface area contributed by atoms with Gasteiger partial charge in [-0.2, -0.15) is 0 Å². The lowest BCUT2D eigenvalue weighted by Crippen LogP contribution is -1.75. The molecule has 9 heavy (non-hydrogen) atoms. The second kappa shape index (κ2) is 1.54. The van der Waals surface area contributed by atoms with Gasteiger partial charge in [0.2, 0.25) is 0 Å². The van der Waals surface area contributed by atoms with E-state index < -0.39 is 0 Å². The van der Waals surface area contributed by atoms with Crippen molar-refractivity contribution in [1.29, 1.82) is 0 Å². The molecule has 1 heteroatoms. The minimum absolute atomic E-state index is 1.35. The van der Waals surface area contributed by atoms with Gasteiger partial charge in [0.05, 0.1) is 0 Å². The van der Waals surface area contributed by atoms with Crippen molar-refractivity contribution in [2.75, 3.05) is 0 Å². The summed E-state index contributed by atoms with van der Waals surface area (Å²) in [5.74, 6) is 0. The van der Waals surface area contributed by atoms with Gasteiger partial charge in [0.15, 0.2) is 0 Å². The maximum absolute atomic E-state index is 3.20. The van der Waals surface area contributed by atoms with Gasteiger partial charge < -0.3 is 0 Å².